The lowest BCUT2D eigenvalue weighted by molar-refractivity contribution is -0.131. The second kappa shape index (κ2) is 5.83. The summed E-state index contributed by atoms with van der Waals surface area (Å²) in [6.07, 6.45) is 2.28. The molecule has 126 valence electrons. The van der Waals surface area contributed by atoms with Crippen LogP contribution in [0, 0.1) is 16.7 Å². The van der Waals surface area contributed by atoms with Crippen LogP contribution in [0.1, 0.15) is 38.7 Å². The molecule has 1 aromatic carbocycles. The van der Waals surface area contributed by atoms with Crippen molar-refractivity contribution in [2.75, 3.05) is 6.61 Å². The van der Waals surface area contributed by atoms with E-state index < -0.39 is 14.6 Å². The number of thiol groups is 1. The van der Waals surface area contributed by atoms with Crippen molar-refractivity contribution in [3.8, 4) is 0 Å². The molecule has 0 aromatic heterocycles. The quantitative estimate of drug-likeness (QED) is 0.502. The average molecular weight is 354 g/mol. The zero-order valence-corrected chi connectivity index (χ0v) is 15.1. The molecule has 0 spiro atoms. The van der Waals surface area contributed by atoms with E-state index in [-0.39, 0.29) is 28.2 Å². The number of ketones is 1. The molecular weight excluding hydrogens is 332 g/mol. The van der Waals surface area contributed by atoms with Crippen molar-refractivity contribution in [3.63, 3.8) is 0 Å². The Kier molecular flexibility index (Phi) is 4.27. The summed E-state index contributed by atoms with van der Waals surface area (Å²) in [7, 11) is -3.61. The lowest BCUT2D eigenvalue weighted by Crippen LogP contribution is -2.40. The van der Waals surface area contributed by atoms with Gasteiger partial charge in [-0.25, -0.2) is 0 Å². The minimum atomic E-state index is -3.71. The molecular formula is C17H22O4S2. The van der Waals surface area contributed by atoms with Crippen molar-refractivity contribution < 1.29 is 17.4 Å². The van der Waals surface area contributed by atoms with E-state index in [0.29, 0.717) is 12.3 Å². The topological polar surface area (TPSA) is 60.4 Å². The Morgan fingerprint density at radius 2 is 2.00 bits per heavy atom. The first-order chi connectivity index (χ1) is 10.8. The molecule has 23 heavy (non-hydrogen) atoms. The highest BCUT2D eigenvalue weighted by Crippen LogP contribution is 2.63. The second-order valence-electron chi connectivity index (χ2n) is 7.00. The van der Waals surface area contributed by atoms with Gasteiger partial charge in [-0.3, -0.25) is 8.98 Å². The normalized spacial score (nSPS) is 29.8. The van der Waals surface area contributed by atoms with Crippen LogP contribution in [-0.2, 0) is 18.1 Å². The number of benzene rings is 1. The van der Waals surface area contributed by atoms with Crippen molar-refractivity contribution in [1.82, 2.24) is 0 Å². The molecule has 4 nitrogen and oxygen atoms in total. The van der Waals surface area contributed by atoms with Gasteiger partial charge in [-0.15, -0.1) is 0 Å². The Morgan fingerprint density at radius 3 is 2.57 bits per heavy atom. The summed E-state index contributed by atoms with van der Waals surface area (Å²) in [5, 5.41) is 1.60. The molecule has 0 amide bonds. The van der Waals surface area contributed by atoms with Crippen LogP contribution in [0.25, 0.3) is 0 Å². The van der Waals surface area contributed by atoms with Crippen molar-refractivity contribution in [2.45, 2.75) is 33.1 Å². The van der Waals surface area contributed by atoms with Crippen LogP contribution in [0.15, 0.2) is 30.3 Å². The first kappa shape index (κ1) is 16.9. The minimum absolute atomic E-state index is 0.0205. The van der Waals surface area contributed by atoms with Gasteiger partial charge in [-0.05, 0) is 35.1 Å². The van der Waals surface area contributed by atoms with Crippen LogP contribution in [0.3, 0.4) is 0 Å². The summed E-state index contributed by atoms with van der Waals surface area (Å²) in [6, 6.07) is 9.26. The zero-order chi connectivity index (χ0) is 16.7. The molecule has 1 aromatic rings. The summed E-state index contributed by atoms with van der Waals surface area (Å²) in [5.41, 5.74) is 0.0184. The van der Waals surface area contributed by atoms with Gasteiger partial charge in [0.2, 0.25) is 0 Å². The summed E-state index contributed by atoms with van der Waals surface area (Å²) >= 11 is 0. The number of fused-ring (bicyclic) bond motifs is 2. The molecule has 0 saturated heterocycles. The monoisotopic (exact) mass is 354 g/mol. The molecule has 2 unspecified atom stereocenters. The molecule has 2 bridgehead atoms. The highest BCUT2D eigenvalue weighted by atomic mass is 33.1. The smallest absolute Gasteiger partial charge is 0.299 e. The molecule has 2 aliphatic rings. The molecule has 0 radical (unpaired) electrons. The number of carbonyl (C=O) groups excluding carboxylic acids is 1. The first-order valence-corrected chi connectivity index (χ1v) is 10.8. The molecule has 2 fully saturated rings. The van der Waals surface area contributed by atoms with Gasteiger partial charge in [0.1, 0.15) is 5.78 Å². The van der Waals surface area contributed by atoms with Crippen LogP contribution in [0.2, 0.25) is 0 Å². The Balaban J connectivity index is 1.72. The molecule has 2 atom stereocenters. The molecule has 0 N–H and O–H groups in total. The maximum atomic E-state index is 12.4. The average Bonchev–Trinajstić information content (AvgIpc) is 2.87. The number of carbonyl (C=O) groups is 1. The Labute approximate surface area is 140 Å². The van der Waals surface area contributed by atoms with Gasteiger partial charge in [-0.2, -0.15) is 8.42 Å². The third-order valence-corrected chi connectivity index (χ3v) is 8.21. The van der Waals surface area contributed by atoms with Crippen LogP contribution >= 0.6 is 10.4 Å². The summed E-state index contributed by atoms with van der Waals surface area (Å²) in [4.78, 5) is 12.4. The minimum Gasteiger partial charge on any atom is -0.299 e. The second-order valence-corrected chi connectivity index (χ2v) is 10.5. The fourth-order valence-corrected chi connectivity index (χ4v) is 5.91. The molecule has 0 heterocycles. The summed E-state index contributed by atoms with van der Waals surface area (Å²) in [6.45, 7) is 4.12. The van der Waals surface area contributed by atoms with E-state index in [9.17, 15) is 13.2 Å². The van der Waals surface area contributed by atoms with E-state index in [1.165, 1.54) is 0 Å². The molecule has 2 saturated carbocycles. The van der Waals surface area contributed by atoms with E-state index in [4.69, 9.17) is 4.18 Å². The van der Waals surface area contributed by atoms with Crippen LogP contribution in [-0.4, -0.2) is 26.2 Å². The van der Waals surface area contributed by atoms with Crippen molar-refractivity contribution in [2.24, 2.45) is 16.7 Å². The third kappa shape index (κ3) is 2.92. The third-order valence-electron chi connectivity index (χ3n) is 5.72. The van der Waals surface area contributed by atoms with Gasteiger partial charge >= 0.3 is 9.15 Å². The predicted molar refractivity (Wildman–Crippen MR) is 94.0 cm³/mol. The van der Waals surface area contributed by atoms with Gasteiger partial charge in [0.15, 0.2) is 0 Å². The van der Waals surface area contributed by atoms with E-state index in [0.717, 1.165) is 18.4 Å². The SMILES string of the molecule is CC1(C)C2CCC1(COS(=O)(=O)[SH]=Cc1ccccc1)C(=O)C2. The molecule has 6 heteroatoms. The Hall–Kier alpha value is -0.980. The fraction of sp³-hybridized carbons (Fsp3) is 0.529. The van der Waals surface area contributed by atoms with Gasteiger partial charge in [-0.1, -0.05) is 54.6 Å². The highest BCUT2D eigenvalue weighted by Gasteiger charge is 2.64. The van der Waals surface area contributed by atoms with Crippen molar-refractivity contribution in [3.05, 3.63) is 35.9 Å². The zero-order valence-electron chi connectivity index (χ0n) is 13.4. The van der Waals surface area contributed by atoms with Crippen LogP contribution < -0.4 is 0 Å². The van der Waals surface area contributed by atoms with E-state index in [1.807, 2.05) is 30.3 Å². The number of Topliss-reactive ketones (excluding diaryl/α,β-unsaturated/α-hetero) is 1. The summed E-state index contributed by atoms with van der Waals surface area (Å²) in [5.74, 6) is 0.521. The molecule has 3 rings (SSSR count). The van der Waals surface area contributed by atoms with E-state index in [1.54, 1.807) is 5.37 Å². The standard InChI is InChI=1S/C17H22O4S2/c1-16(2)14-8-9-17(16,15(18)10-14)12-21-23(19,20)22-11-13-6-4-3-5-7-13/h3-7,11,14,22H,8-10,12H2,1-2H3. The van der Waals surface area contributed by atoms with Gasteiger partial charge in [0, 0.05) is 6.42 Å². The highest BCUT2D eigenvalue weighted by molar-refractivity contribution is 8.68. The largest absolute Gasteiger partial charge is 0.313 e. The maximum absolute atomic E-state index is 12.4. The Bertz CT molecular complexity index is 737. The van der Waals surface area contributed by atoms with Crippen LogP contribution in [0.5, 0.6) is 0 Å². The number of hydrogen-bond acceptors (Lipinski definition) is 4. The lowest BCUT2D eigenvalue weighted by Gasteiger charge is -2.35. The van der Waals surface area contributed by atoms with E-state index >= 15 is 0 Å². The first-order valence-electron chi connectivity index (χ1n) is 7.80. The molecule has 0 aliphatic heterocycles. The van der Waals surface area contributed by atoms with E-state index in [2.05, 4.69) is 13.8 Å². The van der Waals surface area contributed by atoms with Gasteiger partial charge in [0.25, 0.3) is 0 Å². The number of rotatable bonds is 5. The Morgan fingerprint density at radius 1 is 1.30 bits per heavy atom. The maximum Gasteiger partial charge on any atom is 0.313 e. The summed E-state index contributed by atoms with van der Waals surface area (Å²) < 4.78 is 29.6. The van der Waals surface area contributed by atoms with Gasteiger partial charge in [0.05, 0.1) is 12.0 Å². The lowest BCUT2D eigenvalue weighted by atomic mass is 9.69. The van der Waals surface area contributed by atoms with Crippen LogP contribution in [0.4, 0.5) is 0 Å². The van der Waals surface area contributed by atoms with Crippen molar-refractivity contribution in [1.29, 1.82) is 0 Å². The van der Waals surface area contributed by atoms with Crippen molar-refractivity contribution >= 4 is 30.7 Å². The fourth-order valence-electron chi connectivity index (χ4n) is 3.98. The molecule has 2 aliphatic carbocycles. The predicted octanol–water partition coefficient (Wildman–Crippen LogP) is 2.96. The number of hydrogen-bond donors (Lipinski definition) is 1. The van der Waals surface area contributed by atoms with Gasteiger partial charge < -0.3 is 0 Å².